The summed E-state index contributed by atoms with van der Waals surface area (Å²) in [4.78, 5) is 14.1. The number of benzene rings is 1. The summed E-state index contributed by atoms with van der Waals surface area (Å²) in [5.41, 5.74) is 5.66. The lowest BCUT2D eigenvalue weighted by molar-refractivity contribution is -0.137. The molecule has 0 aromatic heterocycles. The molecular weight excluding hydrogens is 262 g/mol. The SMILES string of the molecule is CCCc1cc2c(cc1CC)CCN(C(=O)COC)[C@@H]2C. The number of ether oxygens (including phenoxy) is 1. The molecule has 0 N–H and O–H groups in total. The summed E-state index contributed by atoms with van der Waals surface area (Å²) in [7, 11) is 1.58. The van der Waals surface area contributed by atoms with Crippen LogP contribution in [-0.4, -0.2) is 31.1 Å². The van der Waals surface area contributed by atoms with Gasteiger partial charge in [0.15, 0.2) is 0 Å². The molecule has 3 nitrogen and oxygen atoms in total. The number of carbonyl (C=O) groups excluding carboxylic acids is 1. The Balaban J connectivity index is 2.33. The van der Waals surface area contributed by atoms with Crippen molar-refractivity contribution >= 4 is 5.91 Å². The highest BCUT2D eigenvalue weighted by Crippen LogP contribution is 2.32. The van der Waals surface area contributed by atoms with Crippen LogP contribution in [0.15, 0.2) is 12.1 Å². The van der Waals surface area contributed by atoms with Gasteiger partial charge >= 0.3 is 0 Å². The standard InChI is InChI=1S/C18H27NO2/c1-5-7-15-11-17-13(3)19(18(20)12-21-4)9-8-16(17)10-14(15)6-2/h10-11,13H,5-9,12H2,1-4H3/t13-/m1/s1. The van der Waals surface area contributed by atoms with E-state index in [9.17, 15) is 4.79 Å². The monoisotopic (exact) mass is 289 g/mol. The molecule has 1 aromatic carbocycles. The number of nitrogens with zero attached hydrogens (tertiary/aromatic N) is 1. The molecule has 0 saturated carbocycles. The summed E-state index contributed by atoms with van der Waals surface area (Å²) in [5.74, 6) is 0.0901. The molecule has 1 heterocycles. The van der Waals surface area contributed by atoms with Crippen molar-refractivity contribution in [1.29, 1.82) is 0 Å². The van der Waals surface area contributed by atoms with Gasteiger partial charge in [0, 0.05) is 13.7 Å². The van der Waals surface area contributed by atoms with Crippen molar-refractivity contribution in [3.05, 3.63) is 34.4 Å². The predicted molar refractivity (Wildman–Crippen MR) is 85.5 cm³/mol. The summed E-state index contributed by atoms with van der Waals surface area (Å²) in [6.45, 7) is 7.55. The fraction of sp³-hybridized carbons (Fsp3) is 0.611. The van der Waals surface area contributed by atoms with Crippen molar-refractivity contribution in [3.63, 3.8) is 0 Å². The zero-order valence-electron chi connectivity index (χ0n) is 13.7. The van der Waals surface area contributed by atoms with Gasteiger partial charge in [-0.2, -0.15) is 0 Å². The Bertz CT molecular complexity index is 510. The van der Waals surface area contributed by atoms with E-state index >= 15 is 0 Å². The lowest BCUT2D eigenvalue weighted by atomic mass is 9.87. The number of methoxy groups -OCH3 is 1. The van der Waals surface area contributed by atoms with E-state index in [2.05, 4.69) is 32.9 Å². The highest BCUT2D eigenvalue weighted by molar-refractivity contribution is 5.78. The zero-order valence-corrected chi connectivity index (χ0v) is 13.7. The summed E-state index contributed by atoms with van der Waals surface area (Å²) in [6, 6.07) is 4.86. The molecule has 1 atom stereocenters. The van der Waals surface area contributed by atoms with Crippen molar-refractivity contribution in [3.8, 4) is 0 Å². The van der Waals surface area contributed by atoms with E-state index in [-0.39, 0.29) is 18.6 Å². The van der Waals surface area contributed by atoms with Crippen molar-refractivity contribution in [1.82, 2.24) is 4.90 Å². The average molecular weight is 289 g/mol. The number of amides is 1. The van der Waals surface area contributed by atoms with Gasteiger partial charge < -0.3 is 9.64 Å². The first-order chi connectivity index (χ1) is 10.1. The lowest BCUT2D eigenvalue weighted by Crippen LogP contribution is -2.40. The highest BCUT2D eigenvalue weighted by atomic mass is 16.5. The van der Waals surface area contributed by atoms with Crippen molar-refractivity contribution in [2.75, 3.05) is 20.3 Å². The van der Waals surface area contributed by atoms with E-state index in [0.717, 1.165) is 32.2 Å². The fourth-order valence-electron chi connectivity index (χ4n) is 3.35. The van der Waals surface area contributed by atoms with Crippen LogP contribution in [0, 0.1) is 0 Å². The maximum absolute atomic E-state index is 12.2. The molecule has 0 spiro atoms. The Hall–Kier alpha value is -1.35. The second-order valence-electron chi connectivity index (χ2n) is 5.87. The van der Waals surface area contributed by atoms with Gasteiger partial charge in [0.2, 0.25) is 5.91 Å². The molecule has 1 aliphatic rings. The van der Waals surface area contributed by atoms with E-state index in [1.54, 1.807) is 7.11 Å². The number of hydrogen-bond acceptors (Lipinski definition) is 2. The van der Waals surface area contributed by atoms with Gasteiger partial charge in [-0.25, -0.2) is 0 Å². The highest BCUT2D eigenvalue weighted by Gasteiger charge is 2.28. The summed E-state index contributed by atoms with van der Waals surface area (Å²) < 4.78 is 5.00. The molecule has 116 valence electrons. The minimum atomic E-state index is 0.0901. The quantitative estimate of drug-likeness (QED) is 0.832. The maximum Gasteiger partial charge on any atom is 0.249 e. The van der Waals surface area contributed by atoms with Crippen LogP contribution < -0.4 is 0 Å². The number of hydrogen-bond donors (Lipinski definition) is 0. The molecular formula is C18H27NO2. The second-order valence-corrected chi connectivity index (χ2v) is 5.87. The number of rotatable bonds is 5. The number of fused-ring (bicyclic) bond motifs is 1. The van der Waals surface area contributed by atoms with E-state index in [1.807, 2.05) is 4.90 Å². The van der Waals surface area contributed by atoms with Crippen LogP contribution in [0.4, 0.5) is 0 Å². The van der Waals surface area contributed by atoms with Gasteiger partial charge in [-0.1, -0.05) is 32.4 Å². The lowest BCUT2D eigenvalue weighted by Gasteiger charge is -2.36. The first-order valence-electron chi connectivity index (χ1n) is 8.05. The summed E-state index contributed by atoms with van der Waals surface area (Å²) >= 11 is 0. The molecule has 1 amide bonds. The molecule has 0 unspecified atom stereocenters. The molecule has 2 rings (SSSR count). The van der Waals surface area contributed by atoms with Crippen LogP contribution in [-0.2, 0) is 28.8 Å². The van der Waals surface area contributed by atoms with E-state index in [1.165, 1.54) is 22.3 Å². The zero-order chi connectivity index (χ0) is 15.4. The minimum Gasteiger partial charge on any atom is -0.375 e. The van der Waals surface area contributed by atoms with Crippen LogP contribution in [0.3, 0.4) is 0 Å². The maximum atomic E-state index is 12.2. The summed E-state index contributed by atoms with van der Waals surface area (Å²) in [5, 5.41) is 0. The van der Waals surface area contributed by atoms with Gasteiger partial charge in [0.25, 0.3) is 0 Å². The van der Waals surface area contributed by atoms with Gasteiger partial charge in [-0.15, -0.1) is 0 Å². The van der Waals surface area contributed by atoms with E-state index < -0.39 is 0 Å². The molecule has 1 aromatic rings. The van der Waals surface area contributed by atoms with Crippen LogP contribution in [0.5, 0.6) is 0 Å². The van der Waals surface area contributed by atoms with E-state index in [4.69, 9.17) is 4.74 Å². The van der Waals surface area contributed by atoms with Crippen molar-refractivity contribution < 1.29 is 9.53 Å². The van der Waals surface area contributed by atoms with Gasteiger partial charge in [-0.05, 0) is 48.4 Å². The van der Waals surface area contributed by atoms with Crippen LogP contribution in [0.2, 0.25) is 0 Å². The van der Waals surface area contributed by atoms with Crippen molar-refractivity contribution in [2.24, 2.45) is 0 Å². The molecule has 1 aliphatic heterocycles. The molecule has 21 heavy (non-hydrogen) atoms. The third kappa shape index (κ3) is 3.29. The Kier molecular flexibility index (Phi) is 5.40. The Morgan fingerprint density at radius 1 is 1.33 bits per heavy atom. The second kappa shape index (κ2) is 7.08. The normalized spacial score (nSPS) is 17.7. The molecule has 3 heteroatoms. The third-order valence-corrected chi connectivity index (χ3v) is 4.49. The first kappa shape index (κ1) is 16.0. The average Bonchev–Trinajstić information content (AvgIpc) is 2.48. The molecule has 0 bridgehead atoms. The Morgan fingerprint density at radius 3 is 2.71 bits per heavy atom. The molecule has 0 saturated heterocycles. The third-order valence-electron chi connectivity index (χ3n) is 4.49. The van der Waals surface area contributed by atoms with Crippen LogP contribution in [0.25, 0.3) is 0 Å². The smallest absolute Gasteiger partial charge is 0.249 e. The van der Waals surface area contributed by atoms with Gasteiger partial charge in [0.1, 0.15) is 6.61 Å². The Morgan fingerprint density at radius 2 is 2.10 bits per heavy atom. The van der Waals surface area contributed by atoms with Crippen LogP contribution in [0.1, 0.15) is 55.5 Å². The molecule has 0 aliphatic carbocycles. The topological polar surface area (TPSA) is 29.5 Å². The first-order valence-corrected chi connectivity index (χ1v) is 8.05. The summed E-state index contributed by atoms with van der Waals surface area (Å²) in [6.07, 6.45) is 4.32. The van der Waals surface area contributed by atoms with E-state index in [0.29, 0.717) is 0 Å². The number of carbonyl (C=O) groups is 1. The molecule has 0 fully saturated rings. The fourth-order valence-corrected chi connectivity index (χ4v) is 3.35. The van der Waals surface area contributed by atoms with Gasteiger partial charge in [0.05, 0.1) is 6.04 Å². The largest absolute Gasteiger partial charge is 0.375 e. The van der Waals surface area contributed by atoms with Crippen molar-refractivity contribution in [2.45, 2.75) is 52.5 Å². The van der Waals surface area contributed by atoms with Crippen LogP contribution >= 0.6 is 0 Å². The predicted octanol–water partition coefficient (Wildman–Crippen LogP) is 3.29. The minimum absolute atomic E-state index is 0.0901. The Labute approximate surface area is 128 Å². The molecule has 0 radical (unpaired) electrons. The van der Waals surface area contributed by atoms with Gasteiger partial charge in [-0.3, -0.25) is 4.79 Å². The number of aryl methyl sites for hydroxylation is 2.